The first kappa shape index (κ1) is 31.9. The Balaban J connectivity index is 1.08. The van der Waals surface area contributed by atoms with Gasteiger partial charge in [-0.15, -0.1) is 0 Å². The summed E-state index contributed by atoms with van der Waals surface area (Å²) in [5.74, 6) is -0.582. The smallest absolute Gasteiger partial charge is 0.410 e. The molecule has 1 atom stereocenters. The molecule has 242 valence electrons. The lowest BCUT2D eigenvalue weighted by Gasteiger charge is -2.39. The Kier molecular flexibility index (Phi) is 9.84. The monoisotopic (exact) mass is 667 g/mol. The van der Waals surface area contributed by atoms with Gasteiger partial charge >= 0.3 is 12.1 Å². The lowest BCUT2D eigenvalue weighted by atomic mass is 10.0. The summed E-state index contributed by atoms with van der Waals surface area (Å²) >= 11 is 12.4. The van der Waals surface area contributed by atoms with Crippen LogP contribution in [0.5, 0.6) is 0 Å². The molecule has 4 amide bonds. The summed E-state index contributed by atoms with van der Waals surface area (Å²) in [6.45, 7) is 3.40. The van der Waals surface area contributed by atoms with Crippen LogP contribution in [0.25, 0.3) is 0 Å². The number of benzene rings is 3. The Hall–Kier alpha value is -4.02. The zero-order chi connectivity index (χ0) is 32.2. The third kappa shape index (κ3) is 7.34. The molecule has 0 saturated carbocycles. The minimum Gasteiger partial charge on any atom is -0.436 e. The van der Waals surface area contributed by atoms with E-state index in [0.29, 0.717) is 68.7 Å². The predicted octanol–water partition coefficient (Wildman–Crippen LogP) is 6.08. The van der Waals surface area contributed by atoms with Crippen LogP contribution in [0.3, 0.4) is 0 Å². The molecule has 3 aromatic carbocycles. The number of carbonyl (C=O) groups is 3. The standard InChI is InChI=1S/C34H36Cl2FN5O4/c35-28-10-5-23(21-29(28)36)22-31(32(43)40-19-17-39(18-20-40)26-8-6-25(37)7-9-26)46-34(45)41-14-12-27(13-15-41)42-16-11-24-3-1-2-4-30(24)38-33(42)44/h1-10,21,27,31H,11-20,22H2,(H,38,44)/t31-/m1/s1. The number of ether oxygens (including phenoxy) is 1. The molecule has 3 heterocycles. The summed E-state index contributed by atoms with van der Waals surface area (Å²) < 4.78 is 19.3. The number of rotatable bonds is 6. The van der Waals surface area contributed by atoms with Gasteiger partial charge in [0, 0.05) is 69.7 Å². The van der Waals surface area contributed by atoms with Crippen molar-refractivity contribution in [1.82, 2.24) is 14.7 Å². The number of fused-ring (bicyclic) bond motifs is 1. The number of urea groups is 1. The first-order valence-electron chi connectivity index (χ1n) is 15.6. The van der Waals surface area contributed by atoms with Crippen LogP contribution in [0.4, 0.5) is 25.4 Å². The van der Waals surface area contributed by atoms with Crippen molar-refractivity contribution < 1.29 is 23.5 Å². The summed E-state index contributed by atoms with van der Waals surface area (Å²) in [7, 11) is 0. The number of nitrogens with zero attached hydrogens (tertiary/aromatic N) is 4. The Morgan fingerprint density at radius 1 is 0.870 bits per heavy atom. The molecule has 0 spiro atoms. The molecule has 3 aliphatic heterocycles. The molecule has 9 nitrogen and oxygen atoms in total. The van der Waals surface area contributed by atoms with E-state index in [0.717, 1.165) is 28.9 Å². The van der Waals surface area contributed by atoms with Crippen LogP contribution < -0.4 is 10.2 Å². The number of piperazine rings is 1. The molecule has 0 radical (unpaired) electrons. The highest BCUT2D eigenvalue weighted by Gasteiger charge is 2.35. The van der Waals surface area contributed by atoms with Gasteiger partial charge in [0.1, 0.15) is 5.82 Å². The van der Waals surface area contributed by atoms with Crippen LogP contribution in [0.15, 0.2) is 66.7 Å². The SMILES string of the molecule is O=C(O[C@H](Cc1ccc(Cl)c(Cl)c1)C(=O)N1CCN(c2ccc(F)cc2)CC1)N1CCC(N2CCc3ccccc3NC2=O)CC1. The molecule has 3 aliphatic rings. The summed E-state index contributed by atoms with van der Waals surface area (Å²) in [4.78, 5) is 47.6. The van der Waals surface area contributed by atoms with Crippen molar-refractivity contribution in [2.75, 3.05) is 56.0 Å². The predicted molar refractivity (Wildman–Crippen MR) is 176 cm³/mol. The highest BCUT2D eigenvalue weighted by molar-refractivity contribution is 6.42. The van der Waals surface area contributed by atoms with Gasteiger partial charge in [-0.1, -0.05) is 47.5 Å². The Morgan fingerprint density at radius 3 is 2.30 bits per heavy atom. The molecule has 1 N–H and O–H groups in total. The number of amides is 4. The Bertz CT molecular complexity index is 1580. The number of hydrogen-bond acceptors (Lipinski definition) is 5. The number of piperidine rings is 1. The van der Waals surface area contributed by atoms with Crippen molar-refractivity contribution in [3.63, 3.8) is 0 Å². The van der Waals surface area contributed by atoms with Gasteiger partial charge in [0.15, 0.2) is 6.10 Å². The highest BCUT2D eigenvalue weighted by atomic mass is 35.5. The Morgan fingerprint density at radius 2 is 1.59 bits per heavy atom. The number of hydrogen-bond donors (Lipinski definition) is 1. The number of nitrogens with one attached hydrogen (secondary N) is 1. The second kappa shape index (κ2) is 14.2. The van der Waals surface area contributed by atoms with Crippen molar-refractivity contribution in [2.45, 2.75) is 37.8 Å². The molecule has 6 rings (SSSR count). The van der Waals surface area contributed by atoms with E-state index in [4.69, 9.17) is 27.9 Å². The van der Waals surface area contributed by atoms with Gasteiger partial charge in [-0.25, -0.2) is 14.0 Å². The van der Waals surface area contributed by atoms with Gasteiger partial charge in [-0.3, -0.25) is 4.79 Å². The molecule has 46 heavy (non-hydrogen) atoms. The molecule has 2 saturated heterocycles. The van der Waals surface area contributed by atoms with Gasteiger partial charge in [0.25, 0.3) is 5.91 Å². The minimum atomic E-state index is -1.06. The van der Waals surface area contributed by atoms with Crippen LogP contribution in [-0.4, -0.2) is 90.7 Å². The summed E-state index contributed by atoms with van der Waals surface area (Å²) in [6.07, 6.45) is 0.494. The molecule has 0 aliphatic carbocycles. The number of anilines is 2. The van der Waals surface area contributed by atoms with Crippen molar-refractivity contribution in [3.8, 4) is 0 Å². The van der Waals surface area contributed by atoms with E-state index in [1.807, 2.05) is 29.2 Å². The van der Waals surface area contributed by atoms with Crippen molar-refractivity contribution in [1.29, 1.82) is 0 Å². The molecule has 12 heteroatoms. The number of carbonyl (C=O) groups excluding carboxylic acids is 3. The van der Waals surface area contributed by atoms with Crippen LogP contribution >= 0.6 is 23.2 Å². The molecule has 0 bridgehead atoms. The first-order chi connectivity index (χ1) is 22.2. The maximum atomic E-state index is 13.8. The molecular formula is C34H36Cl2FN5O4. The average Bonchev–Trinajstić information content (AvgIpc) is 3.24. The minimum absolute atomic E-state index is 0.00981. The van der Waals surface area contributed by atoms with E-state index in [2.05, 4.69) is 10.2 Å². The zero-order valence-corrected chi connectivity index (χ0v) is 26.9. The van der Waals surface area contributed by atoms with Gasteiger partial charge in [-0.05, 0) is 72.9 Å². The van der Waals surface area contributed by atoms with Gasteiger partial charge in [0.05, 0.1) is 10.0 Å². The van der Waals surface area contributed by atoms with Gasteiger partial charge in [0.2, 0.25) is 0 Å². The molecule has 0 aromatic heterocycles. The van der Waals surface area contributed by atoms with Crippen LogP contribution in [0.2, 0.25) is 10.0 Å². The molecule has 3 aromatic rings. The summed E-state index contributed by atoms with van der Waals surface area (Å²) in [5.41, 5.74) is 3.55. The second-order valence-electron chi connectivity index (χ2n) is 11.9. The molecule has 0 unspecified atom stereocenters. The van der Waals surface area contributed by atoms with Gasteiger partial charge in [-0.2, -0.15) is 0 Å². The average molecular weight is 669 g/mol. The maximum absolute atomic E-state index is 13.8. The Labute approximate surface area is 277 Å². The van der Waals surface area contributed by atoms with Crippen LogP contribution in [0.1, 0.15) is 24.0 Å². The normalized spacial score (nSPS) is 18.0. The molecular weight excluding hydrogens is 632 g/mol. The fraction of sp³-hybridized carbons (Fsp3) is 0.382. The van der Waals surface area contributed by atoms with Crippen LogP contribution in [0, 0.1) is 5.82 Å². The quantitative estimate of drug-likeness (QED) is 0.344. The summed E-state index contributed by atoms with van der Waals surface area (Å²) in [6, 6.07) is 19.1. The highest BCUT2D eigenvalue weighted by Crippen LogP contribution is 2.27. The van der Waals surface area contributed by atoms with Gasteiger partial charge < -0.3 is 29.7 Å². The fourth-order valence-corrected chi connectivity index (χ4v) is 6.72. The topological polar surface area (TPSA) is 85.4 Å². The van der Waals surface area contributed by atoms with E-state index >= 15 is 0 Å². The first-order valence-corrected chi connectivity index (χ1v) is 16.3. The molecule has 2 fully saturated rings. The number of para-hydroxylation sites is 1. The van der Waals surface area contributed by atoms with E-state index in [1.165, 1.54) is 12.1 Å². The van der Waals surface area contributed by atoms with E-state index in [1.54, 1.807) is 40.1 Å². The van der Waals surface area contributed by atoms with Crippen LogP contribution in [-0.2, 0) is 22.4 Å². The fourth-order valence-electron chi connectivity index (χ4n) is 6.40. The number of halogens is 3. The van der Waals surface area contributed by atoms with Crippen molar-refractivity contribution >= 4 is 52.6 Å². The van der Waals surface area contributed by atoms with E-state index in [-0.39, 0.29) is 30.2 Å². The second-order valence-corrected chi connectivity index (χ2v) is 12.7. The van der Waals surface area contributed by atoms with E-state index < -0.39 is 12.2 Å². The lowest BCUT2D eigenvalue weighted by molar-refractivity contribution is -0.141. The third-order valence-electron chi connectivity index (χ3n) is 9.01. The van der Waals surface area contributed by atoms with Crippen molar-refractivity contribution in [3.05, 3.63) is 93.7 Å². The largest absolute Gasteiger partial charge is 0.436 e. The maximum Gasteiger partial charge on any atom is 0.410 e. The van der Waals surface area contributed by atoms with E-state index in [9.17, 15) is 18.8 Å². The summed E-state index contributed by atoms with van der Waals surface area (Å²) in [5, 5.41) is 3.77. The zero-order valence-electron chi connectivity index (χ0n) is 25.3. The number of likely N-dealkylation sites (tertiary alicyclic amines) is 1. The van der Waals surface area contributed by atoms with Crippen molar-refractivity contribution in [2.24, 2.45) is 0 Å². The lowest BCUT2D eigenvalue weighted by Crippen LogP contribution is -2.54. The third-order valence-corrected chi connectivity index (χ3v) is 9.75.